The van der Waals surface area contributed by atoms with Gasteiger partial charge in [0.25, 0.3) is 5.91 Å². The van der Waals surface area contributed by atoms with Crippen LogP contribution in [0.15, 0.2) is 36.8 Å². The molecule has 0 N–H and O–H groups in total. The number of hydrogen-bond acceptors (Lipinski definition) is 8. The summed E-state index contributed by atoms with van der Waals surface area (Å²) in [5.41, 5.74) is 4.77. The summed E-state index contributed by atoms with van der Waals surface area (Å²) in [5.74, 6) is 0.652. The first-order valence-electron chi connectivity index (χ1n) is 17.6. The molecule has 2 unspecified atom stereocenters. The number of rotatable bonds is 9. The number of benzene rings is 1. The van der Waals surface area contributed by atoms with Crippen molar-refractivity contribution >= 4 is 22.6 Å². The number of pyridine rings is 1. The molecule has 2 aromatic heterocycles. The second-order valence-electron chi connectivity index (χ2n) is 14.7. The molecule has 0 bridgehead atoms. The molecule has 3 aromatic rings. The fraction of sp³-hybridized carbons (Fsp3) is 0.541. The van der Waals surface area contributed by atoms with Crippen molar-refractivity contribution in [3.8, 4) is 23.0 Å². The van der Waals surface area contributed by atoms with Crippen LogP contribution in [0.2, 0.25) is 0 Å². The van der Waals surface area contributed by atoms with Crippen molar-refractivity contribution in [3.63, 3.8) is 0 Å². The summed E-state index contributed by atoms with van der Waals surface area (Å²) in [6.07, 6.45) is 7.43. The molecule has 3 saturated heterocycles. The van der Waals surface area contributed by atoms with Crippen LogP contribution < -0.4 is 14.4 Å². The van der Waals surface area contributed by atoms with Gasteiger partial charge in [-0.15, -0.1) is 0 Å². The minimum absolute atomic E-state index is 0.00416. The van der Waals surface area contributed by atoms with Crippen molar-refractivity contribution in [1.82, 2.24) is 24.8 Å². The van der Waals surface area contributed by atoms with Crippen LogP contribution in [0, 0.1) is 12.5 Å². The molecule has 5 fully saturated rings. The first-order valence-corrected chi connectivity index (χ1v) is 17.6. The predicted octanol–water partition coefficient (Wildman–Crippen LogP) is 5.27. The second-order valence-corrected chi connectivity index (χ2v) is 14.7. The number of anilines is 1. The van der Waals surface area contributed by atoms with Gasteiger partial charge in [0.15, 0.2) is 11.6 Å². The van der Waals surface area contributed by atoms with Crippen LogP contribution in [-0.2, 0) is 11.2 Å². The molecule has 12 heteroatoms. The average Bonchev–Trinajstić information content (AvgIpc) is 3.97. The number of halogens is 2. The predicted molar refractivity (Wildman–Crippen MR) is 179 cm³/mol. The van der Waals surface area contributed by atoms with Gasteiger partial charge in [0, 0.05) is 44.4 Å². The number of carbonyl (C=O) groups is 1. The summed E-state index contributed by atoms with van der Waals surface area (Å²) >= 11 is 0. The molecule has 10 nitrogen and oxygen atoms in total. The number of ether oxygens (including phenoxy) is 2. The third-order valence-corrected chi connectivity index (χ3v) is 11.5. The number of alkyl halides is 1. The highest BCUT2D eigenvalue weighted by Gasteiger charge is 2.50. The van der Waals surface area contributed by atoms with Crippen LogP contribution in [0.3, 0.4) is 0 Å². The number of aromatic nitrogens is 3. The van der Waals surface area contributed by atoms with Gasteiger partial charge in [-0.25, -0.2) is 15.4 Å². The van der Waals surface area contributed by atoms with E-state index in [1.807, 2.05) is 4.90 Å². The lowest BCUT2D eigenvalue weighted by Crippen LogP contribution is -2.56. The van der Waals surface area contributed by atoms with E-state index >= 15 is 0 Å². The molecule has 5 atom stereocenters. The normalized spacial score (nSPS) is 28.6. The van der Waals surface area contributed by atoms with Crippen molar-refractivity contribution in [2.75, 3.05) is 50.8 Å². The Bertz CT molecular complexity index is 1910. The third-order valence-electron chi connectivity index (χ3n) is 11.5. The third kappa shape index (κ3) is 5.28. The van der Waals surface area contributed by atoms with Gasteiger partial charge in [-0.2, -0.15) is 9.97 Å². The summed E-state index contributed by atoms with van der Waals surface area (Å²) in [5, 5.41) is 0.670. The maximum absolute atomic E-state index is 14.6. The highest BCUT2D eigenvalue weighted by atomic mass is 19.1. The highest BCUT2D eigenvalue weighted by Crippen LogP contribution is 2.58. The Labute approximate surface area is 283 Å². The minimum Gasteiger partial charge on any atom is -0.486 e. The van der Waals surface area contributed by atoms with E-state index in [9.17, 15) is 13.6 Å². The lowest BCUT2D eigenvalue weighted by Gasteiger charge is -2.39. The van der Waals surface area contributed by atoms with Crippen molar-refractivity contribution in [2.24, 2.45) is 5.92 Å². The molecule has 6 aliphatic rings. The van der Waals surface area contributed by atoms with E-state index in [0.29, 0.717) is 53.8 Å². The van der Waals surface area contributed by atoms with Gasteiger partial charge in [0.05, 0.1) is 17.0 Å². The number of piperazine rings is 1. The molecule has 0 spiro atoms. The maximum atomic E-state index is 14.6. The van der Waals surface area contributed by atoms with E-state index in [1.54, 1.807) is 6.20 Å². The number of amides is 1. The quantitative estimate of drug-likeness (QED) is 0.226. The van der Waals surface area contributed by atoms with Gasteiger partial charge in [0.1, 0.15) is 35.8 Å². The van der Waals surface area contributed by atoms with Crippen LogP contribution in [0.5, 0.6) is 11.8 Å². The van der Waals surface area contributed by atoms with E-state index in [-0.39, 0.29) is 43.9 Å². The Kier molecular flexibility index (Phi) is 7.27. The number of fused-ring (bicyclic) bond motifs is 5. The Hall–Kier alpha value is -4.37. The molecule has 5 heterocycles. The largest absolute Gasteiger partial charge is 0.486 e. The second kappa shape index (κ2) is 11.6. The SMILES string of the molecule is [C-]#[N+]C[C@H]1CN(c2nc(OC[C@@]34CCCN3C[C@H](F)C4)nc3c(OC4CC4)c(-c4cccc5c4CC4CC54)ncc23)CCN1C(=O)C(=C)F. The molecule has 0 radical (unpaired) electrons. The van der Waals surface area contributed by atoms with E-state index in [1.165, 1.54) is 22.4 Å². The van der Waals surface area contributed by atoms with Crippen molar-refractivity contribution in [2.45, 2.75) is 74.7 Å². The topological polar surface area (TPSA) is 88.3 Å². The van der Waals surface area contributed by atoms with E-state index in [4.69, 9.17) is 31.0 Å². The molecule has 254 valence electrons. The van der Waals surface area contributed by atoms with E-state index in [2.05, 4.69) is 34.5 Å². The van der Waals surface area contributed by atoms with E-state index < -0.39 is 23.9 Å². The molecule has 9 rings (SSSR count). The number of nitrogens with zero attached hydrogens (tertiary/aromatic N) is 7. The molecular weight excluding hydrogens is 628 g/mol. The zero-order valence-electron chi connectivity index (χ0n) is 27.4. The van der Waals surface area contributed by atoms with Crippen LogP contribution in [0.25, 0.3) is 27.0 Å². The molecule has 1 amide bonds. The Morgan fingerprint density at radius 2 is 2.06 bits per heavy atom. The Balaban J connectivity index is 1.15. The van der Waals surface area contributed by atoms with Crippen molar-refractivity contribution in [3.05, 3.63) is 59.3 Å². The Morgan fingerprint density at radius 3 is 2.88 bits per heavy atom. The van der Waals surface area contributed by atoms with Crippen LogP contribution in [0.1, 0.15) is 55.6 Å². The molecule has 3 aliphatic carbocycles. The summed E-state index contributed by atoms with van der Waals surface area (Å²) in [4.78, 5) is 36.8. The number of carbonyl (C=O) groups excluding carboxylic acids is 1. The Morgan fingerprint density at radius 1 is 1.18 bits per heavy atom. The highest BCUT2D eigenvalue weighted by molar-refractivity contribution is 5.97. The fourth-order valence-electron chi connectivity index (χ4n) is 8.89. The molecule has 3 aliphatic heterocycles. The summed E-state index contributed by atoms with van der Waals surface area (Å²) in [6, 6.07) is 6.07. The average molecular weight is 668 g/mol. The van der Waals surface area contributed by atoms with Gasteiger partial charge in [-0.3, -0.25) is 14.7 Å². The number of hydrogen-bond donors (Lipinski definition) is 0. The van der Waals surface area contributed by atoms with Crippen molar-refractivity contribution < 1.29 is 23.0 Å². The minimum atomic E-state index is -1.04. The summed E-state index contributed by atoms with van der Waals surface area (Å²) < 4.78 is 41.8. The van der Waals surface area contributed by atoms with Gasteiger partial charge in [0.2, 0.25) is 6.54 Å². The molecule has 2 saturated carbocycles. The summed E-state index contributed by atoms with van der Waals surface area (Å²) in [7, 11) is 0. The molecule has 49 heavy (non-hydrogen) atoms. The standard InChI is InChI=1S/C37H39F2N7O3/c1-21(38)35(47)46-12-11-44(19-24(46)16-40-2)34-30-17-41-31(27-6-3-5-26-28-13-22(28)14-29(26)27)33(49-25-7-8-25)32(30)42-36(43-34)48-20-37-9-4-10-45(37)18-23(39)15-37/h3,5-6,17,22-25,28H,1,4,7-16,18-20H2/t22?,23-,24+,28?,37+/m1/s1. The lowest BCUT2D eigenvalue weighted by molar-refractivity contribution is -0.131. The van der Waals surface area contributed by atoms with Crippen LogP contribution in [0.4, 0.5) is 14.6 Å². The molecule has 1 aromatic carbocycles. The monoisotopic (exact) mass is 667 g/mol. The first-order chi connectivity index (χ1) is 23.8. The zero-order chi connectivity index (χ0) is 33.4. The van der Waals surface area contributed by atoms with Gasteiger partial charge in [-0.1, -0.05) is 24.8 Å². The van der Waals surface area contributed by atoms with Crippen molar-refractivity contribution in [1.29, 1.82) is 0 Å². The molecular formula is C37H39F2N7O3. The van der Waals surface area contributed by atoms with Crippen LogP contribution in [-0.4, -0.2) is 100 Å². The maximum Gasteiger partial charge on any atom is 0.319 e. The zero-order valence-corrected chi connectivity index (χ0v) is 27.4. The van der Waals surface area contributed by atoms with E-state index in [0.717, 1.165) is 49.9 Å². The lowest BCUT2D eigenvalue weighted by atomic mass is 9.95. The smallest absolute Gasteiger partial charge is 0.319 e. The fourth-order valence-corrected chi connectivity index (χ4v) is 8.89. The van der Waals surface area contributed by atoms with Gasteiger partial charge < -0.3 is 24.1 Å². The van der Waals surface area contributed by atoms with Gasteiger partial charge in [-0.05, 0) is 68.0 Å². The van der Waals surface area contributed by atoms with Gasteiger partial charge >= 0.3 is 6.01 Å². The van der Waals surface area contributed by atoms with Crippen LogP contribution >= 0.6 is 0 Å². The summed E-state index contributed by atoms with van der Waals surface area (Å²) in [6.45, 7) is 13.1. The first kappa shape index (κ1) is 30.7.